The maximum absolute atomic E-state index is 12.0. The van der Waals surface area contributed by atoms with Gasteiger partial charge in [0, 0.05) is 10.1 Å². The van der Waals surface area contributed by atoms with Crippen LogP contribution in [0.3, 0.4) is 0 Å². The molecule has 0 aromatic heterocycles. The van der Waals surface area contributed by atoms with Crippen molar-refractivity contribution < 1.29 is 4.79 Å². The molecule has 0 radical (unpaired) electrons. The van der Waals surface area contributed by atoms with Gasteiger partial charge in [-0.05, 0) is 50.3 Å². The van der Waals surface area contributed by atoms with Gasteiger partial charge in [-0.25, -0.2) is 0 Å². The first-order chi connectivity index (χ1) is 10.3. The number of carbonyl (C=O) groups excluding carboxylic acids is 1. The van der Waals surface area contributed by atoms with E-state index >= 15 is 0 Å². The SMILES string of the molecule is O=C(CNCC1CC1)Nc1ccccc1SC1CCCC1. The van der Waals surface area contributed by atoms with E-state index in [1.54, 1.807) is 0 Å². The number of carbonyl (C=O) groups is 1. The second kappa shape index (κ2) is 7.32. The number of anilines is 1. The Hall–Kier alpha value is -1.00. The molecule has 0 spiro atoms. The number of para-hydroxylation sites is 1. The Kier molecular flexibility index (Phi) is 5.20. The molecule has 3 nitrogen and oxygen atoms in total. The summed E-state index contributed by atoms with van der Waals surface area (Å²) >= 11 is 1.92. The third-order valence-corrected chi connectivity index (χ3v) is 5.59. The van der Waals surface area contributed by atoms with Crippen molar-refractivity contribution in [2.45, 2.75) is 48.7 Å². The molecule has 0 unspecified atom stereocenters. The molecule has 0 heterocycles. The molecule has 2 aliphatic carbocycles. The van der Waals surface area contributed by atoms with Crippen molar-refractivity contribution in [3.63, 3.8) is 0 Å². The Balaban J connectivity index is 1.51. The van der Waals surface area contributed by atoms with Crippen molar-refractivity contribution in [1.82, 2.24) is 5.32 Å². The fourth-order valence-corrected chi connectivity index (χ4v) is 4.10. The average molecular weight is 304 g/mol. The first-order valence-electron chi connectivity index (χ1n) is 8.07. The first-order valence-corrected chi connectivity index (χ1v) is 8.95. The average Bonchev–Trinajstić information content (AvgIpc) is 3.16. The summed E-state index contributed by atoms with van der Waals surface area (Å²) in [7, 11) is 0. The molecule has 1 aromatic rings. The minimum Gasteiger partial charge on any atom is -0.324 e. The van der Waals surface area contributed by atoms with E-state index in [9.17, 15) is 4.79 Å². The van der Waals surface area contributed by atoms with Gasteiger partial charge in [-0.1, -0.05) is 25.0 Å². The molecule has 2 aliphatic rings. The smallest absolute Gasteiger partial charge is 0.238 e. The van der Waals surface area contributed by atoms with Gasteiger partial charge in [0.05, 0.1) is 12.2 Å². The van der Waals surface area contributed by atoms with Crippen LogP contribution in [0.15, 0.2) is 29.2 Å². The van der Waals surface area contributed by atoms with Gasteiger partial charge < -0.3 is 10.6 Å². The summed E-state index contributed by atoms with van der Waals surface area (Å²) in [5, 5.41) is 7.02. The van der Waals surface area contributed by atoms with Crippen LogP contribution in [-0.4, -0.2) is 24.2 Å². The van der Waals surface area contributed by atoms with Crippen LogP contribution in [0, 0.1) is 5.92 Å². The van der Waals surface area contributed by atoms with Gasteiger partial charge in [-0.2, -0.15) is 0 Å². The van der Waals surface area contributed by atoms with Gasteiger partial charge in [-0.15, -0.1) is 11.8 Å². The van der Waals surface area contributed by atoms with Crippen molar-refractivity contribution in [1.29, 1.82) is 0 Å². The zero-order chi connectivity index (χ0) is 14.5. The van der Waals surface area contributed by atoms with E-state index in [0.717, 1.165) is 23.4 Å². The summed E-state index contributed by atoms with van der Waals surface area (Å²) in [6.45, 7) is 1.39. The van der Waals surface area contributed by atoms with Gasteiger partial charge in [0.15, 0.2) is 0 Å². The number of benzene rings is 1. The summed E-state index contributed by atoms with van der Waals surface area (Å²) in [6.07, 6.45) is 7.92. The van der Waals surface area contributed by atoms with E-state index < -0.39 is 0 Å². The molecule has 4 heteroatoms. The summed E-state index contributed by atoms with van der Waals surface area (Å²) < 4.78 is 0. The normalized spacial score (nSPS) is 18.9. The highest BCUT2D eigenvalue weighted by molar-refractivity contribution is 8.00. The molecule has 0 saturated heterocycles. The highest BCUT2D eigenvalue weighted by Gasteiger charge is 2.21. The maximum Gasteiger partial charge on any atom is 0.238 e. The fourth-order valence-electron chi connectivity index (χ4n) is 2.76. The second-order valence-corrected chi connectivity index (χ2v) is 7.49. The molecule has 0 aliphatic heterocycles. The van der Waals surface area contributed by atoms with Gasteiger partial charge >= 0.3 is 0 Å². The van der Waals surface area contributed by atoms with Crippen LogP contribution in [0.5, 0.6) is 0 Å². The van der Waals surface area contributed by atoms with Crippen LogP contribution < -0.4 is 10.6 Å². The monoisotopic (exact) mass is 304 g/mol. The Morgan fingerprint density at radius 1 is 1.14 bits per heavy atom. The third kappa shape index (κ3) is 4.75. The van der Waals surface area contributed by atoms with Crippen LogP contribution >= 0.6 is 11.8 Å². The summed E-state index contributed by atoms with van der Waals surface area (Å²) in [5.74, 6) is 0.873. The number of nitrogens with one attached hydrogen (secondary N) is 2. The molecule has 3 rings (SSSR count). The lowest BCUT2D eigenvalue weighted by Gasteiger charge is -2.14. The van der Waals surface area contributed by atoms with Crippen molar-refractivity contribution in [3.8, 4) is 0 Å². The lowest BCUT2D eigenvalue weighted by atomic mass is 10.3. The van der Waals surface area contributed by atoms with E-state index in [-0.39, 0.29) is 5.91 Å². The topological polar surface area (TPSA) is 41.1 Å². The number of hydrogen-bond donors (Lipinski definition) is 2. The Morgan fingerprint density at radius 3 is 2.67 bits per heavy atom. The zero-order valence-electron chi connectivity index (χ0n) is 12.4. The predicted molar refractivity (Wildman–Crippen MR) is 88.8 cm³/mol. The molecule has 0 bridgehead atoms. The molecular weight excluding hydrogens is 280 g/mol. The lowest BCUT2D eigenvalue weighted by Crippen LogP contribution is -2.29. The molecule has 0 atom stereocenters. The lowest BCUT2D eigenvalue weighted by molar-refractivity contribution is -0.115. The van der Waals surface area contributed by atoms with Gasteiger partial charge in [0.1, 0.15) is 0 Å². The molecule has 1 aromatic carbocycles. The summed E-state index contributed by atoms with van der Waals surface area (Å²) in [5.41, 5.74) is 0.965. The first kappa shape index (κ1) is 14.9. The van der Waals surface area contributed by atoms with E-state index in [2.05, 4.69) is 22.8 Å². The zero-order valence-corrected chi connectivity index (χ0v) is 13.3. The molecule has 1 amide bonds. The van der Waals surface area contributed by atoms with Crippen LogP contribution in [-0.2, 0) is 4.79 Å². The van der Waals surface area contributed by atoms with Crippen LogP contribution in [0.4, 0.5) is 5.69 Å². The van der Waals surface area contributed by atoms with Crippen molar-refractivity contribution in [3.05, 3.63) is 24.3 Å². The minimum atomic E-state index is 0.0649. The van der Waals surface area contributed by atoms with Crippen LogP contribution in [0.2, 0.25) is 0 Å². The van der Waals surface area contributed by atoms with Gasteiger partial charge in [-0.3, -0.25) is 4.79 Å². The molecular formula is C17H24N2OS. The molecule has 21 heavy (non-hydrogen) atoms. The largest absolute Gasteiger partial charge is 0.324 e. The van der Waals surface area contributed by atoms with Gasteiger partial charge in [0.2, 0.25) is 5.91 Å². The van der Waals surface area contributed by atoms with E-state index in [4.69, 9.17) is 0 Å². The number of thioether (sulfide) groups is 1. The van der Waals surface area contributed by atoms with E-state index in [1.807, 2.05) is 23.9 Å². The Labute approximate surface area is 131 Å². The summed E-state index contributed by atoms with van der Waals surface area (Å²) in [6, 6.07) is 8.18. The fraction of sp³-hybridized carbons (Fsp3) is 0.588. The maximum atomic E-state index is 12.0. The van der Waals surface area contributed by atoms with Crippen molar-refractivity contribution in [2.75, 3.05) is 18.4 Å². The highest BCUT2D eigenvalue weighted by atomic mass is 32.2. The third-order valence-electron chi connectivity index (χ3n) is 4.17. The molecule has 114 valence electrons. The van der Waals surface area contributed by atoms with Crippen LogP contribution in [0.1, 0.15) is 38.5 Å². The second-order valence-electron chi connectivity index (χ2n) is 6.14. The van der Waals surface area contributed by atoms with Gasteiger partial charge in [0.25, 0.3) is 0 Å². The quantitative estimate of drug-likeness (QED) is 0.808. The standard InChI is InChI=1S/C17H24N2OS/c20-17(12-18-11-13-9-10-13)19-15-7-3-4-8-16(15)21-14-5-1-2-6-14/h3-4,7-8,13-14,18H,1-2,5-6,9-12H2,(H,19,20). The Bertz CT molecular complexity index is 481. The number of amides is 1. The van der Waals surface area contributed by atoms with E-state index in [1.165, 1.54) is 43.4 Å². The Morgan fingerprint density at radius 2 is 1.90 bits per heavy atom. The van der Waals surface area contributed by atoms with Crippen molar-refractivity contribution >= 4 is 23.4 Å². The number of hydrogen-bond acceptors (Lipinski definition) is 3. The molecule has 2 N–H and O–H groups in total. The van der Waals surface area contributed by atoms with Crippen molar-refractivity contribution in [2.24, 2.45) is 5.92 Å². The number of rotatable bonds is 7. The summed E-state index contributed by atoms with van der Waals surface area (Å²) in [4.78, 5) is 13.2. The molecule has 2 fully saturated rings. The predicted octanol–water partition coefficient (Wildman–Crippen LogP) is 3.66. The van der Waals surface area contributed by atoms with E-state index in [0.29, 0.717) is 6.54 Å². The minimum absolute atomic E-state index is 0.0649. The molecule has 2 saturated carbocycles. The van der Waals surface area contributed by atoms with Crippen LogP contribution in [0.25, 0.3) is 0 Å². The highest BCUT2D eigenvalue weighted by Crippen LogP contribution is 2.37.